The molecule has 5 nitrogen and oxygen atoms in total. The Kier molecular flexibility index (Phi) is 3.75. The van der Waals surface area contributed by atoms with Gasteiger partial charge in [0, 0.05) is 0 Å². The first kappa shape index (κ1) is 13.0. The molecule has 2 aromatic rings. The molecule has 0 atom stereocenters. The summed E-state index contributed by atoms with van der Waals surface area (Å²) in [7, 11) is 0. The van der Waals surface area contributed by atoms with Crippen molar-refractivity contribution in [3.8, 4) is 11.6 Å². The zero-order valence-corrected chi connectivity index (χ0v) is 10.7. The maximum atomic E-state index is 10.6. The molecule has 0 fully saturated rings. The Bertz CT molecular complexity index is 579. The summed E-state index contributed by atoms with van der Waals surface area (Å²) in [4.78, 5) is 18.3. The molecule has 0 amide bonds. The molecule has 0 saturated heterocycles. The van der Waals surface area contributed by atoms with Crippen LogP contribution in [0.25, 0.3) is 0 Å². The van der Waals surface area contributed by atoms with Gasteiger partial charge in [0.25, 0.3) is 0 Å². The first-order valence-electron chi connectivity index (χ1n) is 5.89. The lowest BCUT2D eigenvalue weighted by Crippen LogP contribution is -2.01. The van der Waals surface area contributed by atoms with Crippen molar-refractivity contribution < 1.29 is 14.6 Å². The first-order chi connectivity index (χ1) is 9.06. The number of rotatable bonds is 4. The molecule has 19 heavy (non-hydrogen) atoms. The van der Waals surface area contributed by atoms with Crippen molar-refractivity contribution in [1.29, 1.82) is 0 Å². The van der Waals surface area contributed by atoms with Crippen molar-refractivity contribution >= 4 is 5.97 Å². The predicted octanol–water partition coefficient (Wildman–Crippen LogP) is 3.09. The van der Waals surface area contributed by atoms with Crippen molar-refractivity contribution in [2.24, 2.45) is 0 Å². The quantitative estimate of drug-likeness (QED) is 0.912. The molecular formula is C14H14N2O3. The van der Waals surface area contributed by atoms with Crippen LogP contribution in [-0.2, 0) is 0 Å². The second kappa shape index (κ2) is 5.48. The predicted molar refractivity (Wildman–Crippen MR) is 69.6 cm³/mol. The average molecular weight is 258 g/mol. The number of carboxylic acids is 1. The third-order valence-corrected chi connectivity index (χ3v) is 2.59. The minimum Gasteiger partial charge on any atom is -0.476 e. The summed E-state index contributed by atoms with van der Waals surface area (Å²) in [6.07, 6.45) is 2.47. The van der Waals surface area contributed by atoms with E-state index in [1.165, 1.54) is 12.4 Å². The minimum absolute atomic E-state index is 0.108. The Morgan fingerprint density at radius 1 is 1.26 bits per heavy atom. The fourth-order valence-electron chi connectivity index (χ4n) is 1.54. The van der Waals surface area contributed by atoms with Crippen molar-refractivity contribution in [2.45, 2.75) is 19.8 Å². The largest absolute Gasteiger partial charge is 0.476 e. The van der Waals surface area contributed by atoms with Crippen LogP contribution in [0.5, 0.6) is 11.6 Å². The van der Waals surface area contributed by atoms with Gasteiger partial charge in [-0.25, -0.2) is 14.8 Å². The monoisotopic (exact) mass is 258 g/mol. The molecular weight excluding hydrogens is 244 g/mol. The number of nitrogens with zero attached hydrogens (tertiary/aromatic N) is 2. The van der Waals surface area contributed by atoms with Gasteiger partial charge in [-0.3, -0.25) is 0 Å². The molecule has 1 aromatic heterocycles. The number of hydrogen-bond acceptors (Lipinski definition) is 4. The topological polar surface area (TPSA) is 72.3 Å². The van der Waals surface area contributed by atoms with Gasteiger partial charge in [0.2, 0.25) is 5.88 Å². The highest BCUT2D eigenvalue weighted by Crippen LogP contribution is 2.23. The lowest BCUT2D eigenvalue weighted by molar-refractivity contribution is 0.0690. The van der Waals surface area contributed by atoms with E-state index >= 15 is 0 Å². The zero-order valence-electron chi connectivity index (χ0n) is 10.7. The third kappa shape index (κ3) is 3.28. The van der Waals surface area contributed by atoms with Gasteiger partial charge < -0.3 is 9.84 Å². The Morgan fingerprint density at radius 2 is 2.05 bits per heavy atom. The molecule has 0 aliphatic carbocycles. The minimum atomic E-state index is -1.11. The number of aromatic carboxylic acids is 1. The molecule has 0 spiro atoms. The van der Waals surface area contributed by atoms with Crippen LogP contribution in [0.15, 0.2) is 36.7 Å². The summed E-state index contributed by atoms with van der Waals surface area (Å²) < 4.78 is 5.54. The molecule has 1 heterocycles. The van der Waals surface area contributed by atoms with Gasteiger partial charge in [0.05, 0.1) is 12.4 Å². The number of benzene rings is 1. The molecule has 1 aromatic carbocycles. The lowest BCUT2D eigenvalue weighted by atomic mass is 10.0. The molecule has 98 valence electrons. The summed E-state index contributed by atoms with van der Waals surface area (Å²) in [5.74, 6) is 0.222. The summed E-state index contributed by atoms with van der Waals surface area (Å²) in [5, 5.41) is 8.72. The third-order valence-electron chi connectivity index (χ3n) is 2.59. The Labute approximate surface area is 110 Å². The lowest BCUT2D eigenvalue weighted by Gasteiger charge is -2.08. The molecule has 0 saturated carbocycles. The number of aromatic nitrogens is 2. The molecule has 0 bridgehead atoms. The van der Waals surface area contributed by atoms with Gasteiger partial charge >= 0.3 is 5.97 Å². The SMILES string of the molecule is CC(C)c1cccc(Oc2cnc(C(=O)O)cn2)c1. The van der Waals surface area contributed by atoms with Gasteiger partial charge in [-0.05, 0) is 23.6 Å². The molecule has 1 N–H and O–H groups in total. The van der Waals surface area contributed by atoms with Crippen LogP contribution < -0.4 is 4.74 Å². The number of hydrogen-bond donors (Lipinski definition) is 1. The molecule has 2 rings (SSSR count). The Balaban J connectivity index is 2.16. The number of ether oxygens (including phenoxy) is 1. The molecule has 0 unspecified atom stereocenters. The van der Waals surface area contributed by atoms with Crippen molar-refractivity contribution in [2.75, 3.05) is 0 Å². The fraction of sp³-hybridized carbons (Fsp3) is 0.214. The van der Waals surface area contributed by atoms with Crippen LogP contribution in [0, 0.1) is 0 Å². The highest BCUT2D eigenvalue weighted by Gasteiger charge is 2.07. The van der Waals surface area contributed by atoms with Crippen molar-refractivity contribution in [3.63, 3.8) is 0 Å². The highest BCUT2D eigenvalue weighted by molar-refractivity contribution is 5.84. The summed E-state index contributed by atoms with van der Waals surface area (Å²) in [5.41, 5.74) is 1.05. The summed E-state index contributed by atoms with van der Waals surface area (Å²) in [6, 6.07) is 7.68. The molecule has 0 aliphatic rings. The highest BCUT2D eigenvalue weighted by atomic mass is 16.5. The van der Waals surface area contributed by atoms with Gasteiger partial charge in [-0.2, -0.15) is 0 Å². The second-order valence-corrected chi connectivity index (χ2v) is 4.37. The summed E-state index contributed by atoms with van der Waals surface area (Å²) in [6.45, 7) is 4.20. The van der Waals surface area contributed by atoms with Crippen LogP contribution >= 0.6 is 0 Å². The Hall–Kier alpha value is -2.43. The van der Waals surface area contributed by atoms with E-state index in [1.54, 1.807) is 0 Å². The van der Waals surface area contributed by atoms with E-state index in [0.29, 0.717) is 11.7 Å². The summed E-state index contributed by atoms with van der Waals surface area (Å²) >= 11 is 0. The van der Waals surface area contributed by atoms with Crippen LogP contribution in [0.4, 0.5) is 0 Å². The maximum absolute atomic E-state index is 10.6. The normalized spacial score (nSPS) is 10.5. The van der Waals surface area contributed by atoms with Crippen LogP contribution in [0.1, 0.15) is 35.8 Å². The van der Waals surface area contributed by atoms with E-state index in [-0.39, 0.29) is 11.6 Å². The van der Waals surface area contributed by atoms with Gasteiger partial charge in [-0.1, -0.05) is 26.0 Å². The van der Waals surface area contributed by atoms with Gasteiger partial charge in [0.15, 0.2) is 5.69 Å². The van der Waals surface area contributed by atoms with E-state index in [9.17, 15) is 4.79 Å². The van der Waals surface area contributed by atoms with E-state index in [1.807, 2.05) is 24.3 Å². The number of carbonyl (C=O) groups is 1. The van der Waals surface area contributed by atoms with Crippen molar-refractivity contribution in [3.05, 3.63) is 47.9 Å². The molecule has 5 heteroatoms. The van der Waals surface area contributed by atoms with Gasteiger partial charge in [-0.15, -0.1) is 0 Å². The number of carboxylic acid groups (broad SMARTS) is 1. The van der Waals surface area contributed by atoms with Crippen LogP contribution in [0.2, 0.25) is 0 Å². The Morgan fingerprint density at radius 3 is 2.63 bits per heavy atom. The van der Waals surface area contributed by atoms with Crippen LogP contribution in [-0.4, -0.2) is 21.0 Å². The van der Waals surface area contributed by atoms with Crippen molar-refractivity contribution in [1.82, 2.24) is 9.97 Å². The smallest absolute Gasteiger partial charge is 0.356 e. The fourth-order valence-corrected chi connectivity index (χ4v) is 1.54. The molecule has 0 aliphatic heterocycles. The zero-order chi connectivity index (χ0) is 13.8. The second-order valence-electron chi connectivity index (χ2n) is 4.37. The molecule has 0 radical (unpaired) electrons. The van der Waals surface area contributed by atoms with Crippen LogP contribution in [0.3, 0.4) is 0 Å². The van der Waals surface area contributed by atoms with E-state index in [4.69, 9.17) is 9.84 Å². The first-order valence-corrected chi connectivity index (χ1v) is 5.89. The standard InChI is InChI=1S/C14H14N2O3/c1-9(2)10-4-3-5-11(6-10)19-13-8-15-12(7-16-13)14(17)18/h3-9H,1-2H3,(H,17,18). The maximum Gasteiger partial charge on any atom is 0.356 e. The van der Waals surface area contributed by atoms with E-state index in [2.05, 4.69) is 23.8 Å². The van der Waals surface area contributed by atoms with Gasteiger partial charge in [0.1, 0.15) is 5.75 Å². The average Bonchev–Trinajstić information content (AvgIpc) is 2.39. The van der Waals surface area contributed by atoms with E-state index < -0.39 is 5.97 Å². The van der Waals surface area contributed by atoms with E-state index in [0.717, 1.165) is 5.56 Å².